The smallest absolute Gasteiger partial charge is 0.406 e. The molecule has 6 heteroatoms. The van der Waals surface area contributed by atoms with E-state index in [-0.39, 0.29) is 12.4 Å². The quantitative estimate of drug-likeness (QED) is 0.903. The lowest BCUT2D eigenvalue weighted by Crippen LogP contribution is -2.16. The van der Waals surface area contributed by atoms with E-state index in [0.717, 1.165) is 5.56 Å². The standard InChI is InChI=1S/C15H12ClF3O2/c16-14-6-1-10(7-8-20)9-13(14)11-2-4-12(5-3-11)21-15(17,18)19/h1-6,9,20H,7-8H2. The van der Waals surface area contributed by atoms with Gasteiger partial charge in [-0.2, -0.15) is 0 Å². The van der Waals surface area contributed by atoms with E-state index in [4.69, 9.17) is 16.7 Å². The van der Waals surface area contributed by atoms with E-state index in [1.165, 1.54) is 24.3 Å². The molecule has 0 atom stereocenters. The summed E-state index contributed by atoms with van der Waals surface area (Å²) in [7, 11) is 0. The Kier molecular flexibility index (Phi) is 4.75. The number of aliphatic hydroxyl groups is 1. The topological polar surface area (TPSA) is 29.5 Å². The molecule has 0 amide bonds. The summed E-state index contributed by atoms with van der Waals surface area (Å²) in [6, 6.07) is 10.8. The van der Waals surface area contributed by atoms with Crippen LogP contribution in [0.15, 0.2) is 42.5 Å². The van der Waals surface area contributed by atoms with Crippen LogP contribution in [0, 0.1) is 0 Å². The fraction of sp³-hybridized carbons (Fsp3) is 0.200. The summed E-state index contributed by atoms with van der Waals surface area (Å²) in [4.78, 5) is 0. The first-order valence-electron chi connectivity index (χ1n) is 6.14. The van der Waals surface area contributed by atoms with Crippen molar-refractivity contribution in [2.24, 2.45) is 0 Å². The van der Waals surface area contributed by atoms with Gasteiger partial charge >= 0.3 is 6.36 Å². The summed E-state index contributed by atoms with van der Waals surface area (Å²) in [6.45, 7) is 0.0133. The molecule has 0 fully saturated rings. The molecule has 0 radical (unpaired) electrons. The largest absolute Gasteiger partial charge is 0.573 e. The Morgan fingerprint density at radius 2 is 1.71 bits per heavy atom. The minimum Gasteiger partial charge on any atom is -0.406 e. The van der Waals surface area contributed by atoms with Crippen LogP contribution < -0.4 is 4.74 Å². The highest BCUT2D eigenvalue weighted by molar-refractivity contribution is 6.33. The maximum atomic E-state index is 12.1. The average molecular weight is 317 g/mol. The number of alkyl halides is 3. The molecule has 0 bridgehead atoms. The van der Waals surface area contributed by atoms with Crippen LogP contribution in [-0.2, 0) is 6.42 Å². The Bertz CT molecular complexity index is 609. The normalized spacial score (nSPS) is 11.5. The molecular weight excluding hydrogens is 305 g/mol. The number of hydrogen-bond acceptors (Lipinski definition) is 2. The van der Waals surface area contributed by atoms with Gasteiger partial charge in [0.2, 0.25) is 0 Å². The molecule has 0 spiro atoms. The zero-order valence-electron chi connectivity index (χ0n) is 10.8. The van der Waals surface area contributed by atoms with Gasteiger partial charge in [-0.15, -0.1) is 13.2 Å². The first-order valence-corrected chi connectivity index (χ1v) is 6.52. The summed E-state index contributed by atoms with van der Waals surface area (Å²) in [5.74, 6) is -0.283. The van der Waals surface area contributed by atoms with Gasteiger partial charge in [-0.05, 0) is 41.8 Å². The SMILES string of the molecule is OCCc1ccc(Cl)c(-c2ccc(OC(F)(F)F)cc2)c1. The van der Waals surface area contributed by atoms with Gasteiger partial charge in [0, 0.05) is 17.2 Å². The third-order valence-electron chi connectivity index (χ3n) is 2.83. The summed E-state index contributed by atoms with van der Waals surface area (Å²) in [5.41, 5.74) is 2.27. The van der Waals surface area contributed by atoms with E-state index in [1.54, 1.807) is 18.2 Å². The van der Waals surface area contributed by atoms with Crippen LogP contribution in [0.5, 0.6) is 5.75 Å². The minimum absolute atomic E-state index is 0.0133. The molecule has 0 aromatic heterocycles. The van der Waals surface area contributed by atoms with Crippen LogP contribution in [0.3, 0.4) is 0 Å². The van der Waals surface area contributed by atoms with Crippen molar-refractivity contribution >= 4 is 11.6 Å². The molecular formula is C15H12ClF3O2. The van der Waals surface area contributed by atoms with Crippen molar-refractivity contribution in [2.75, 3.05) is 6.61 Å². The highest BCUT2D eigenvalue weighted by atomic mass is 35.5. The van der Waals surface area contributed by atoms with Crippen molar-refractivity contribution < 1.29 is 23.0 Å². The number of hydrogen-bond donors (Lipinski definition) is 1. The highest BCUT2D eigenvalue weighted by Crippen LogP contribution is 2.31. The molecule has 21 heavy (non-hydrogen) atoms. The number of ether oxygens (including phenoxy) is 1. The Hall–Kier alpha value is -1.72. The van der Waals surface area contributed by atoms with Crippen molar-refractivity contribution in [3.05, 3.63) is 53.1 Å². The number of halogens is 4. The van der Waals surface area contributed by atoms with E-state index >= 15 is 0 Å². The lowest BCUT2D eigenvalue weighted by molar-refractivity contribution is -0.274. The van der Waals surface area contributed by atoms with E-state index in [1.807, 2.05) is 0 Å². The Balaban J connectivity index is 2.28. The third-order valence-corrected chi connectivity index (χ3v) is 3.16. The predicted molar refractivity (Wildman–Crippen MR) is 74.4 cm³/mol. The van der Waals surface area contributed by atoms with Gasteiger partial charge in [0.15, 0.2) is 0 Å². The maximum absolute atomic E-state index is 12.1. The average Bonchev–Trinajstić information content (AvgIpc) is 2.40. The van der Waals surface area contributed by atoms with E-state index in [2.05, 4.69) is 4.74 Å². The van der Waals surface area contributed by atoms with Gasteiger partial charge in [0.25, 0.3) is 0 Å². The van der Waals surface area contributed by atoms with Crippen LogP contribution in [0.1, 0.15) is 5.56 Å². The monoisotopic (exact) mass is 316 g/mol. The summed E-state index contributed by atoms with van der Waals surface area (Å²) >= 11 is 6.10. The third kappa shape index (κ3) is 4.37. The van der Waals surface area contributed by atoms with Crippen molar-refractivity contribution in [1.29, 1.82) is 0 Å². The number of benzene rings is 2. The van der Waals surface area contributed by atoms with Crippen molar-refractivity contribution in [3.8, 4) is 16.9 Å². The Morgan fingerprint density at radius 3 is 2.29 bits per heavy atom. The Labute approximate surface area is 124 Å². The molecule has 2 rings (SSSR count). The number of rotatable bonds is 4. The molecule has 0 saturated carbocycles. The van der Waals surface area contributed by atoms with Crippen LogP contribution >= 0.6 is 11.6 Å². The van der Waals surface area contributed by atoms with E-state index < -0.39 is 6.36 Å². The minimum atomic E-state index is -4.71. The second-order valence-electron chi connectivity index (χ2n) is 4.36. The lowest BCUT2D eigenvalue weighted by Gasteiger charge is -2.11. The second-order valence-corrected chi connectivity index (χ2v) is 4.77. The van der Waals surface area contributed by atoms with Gasteiger partial charge in [0.1, 0.15) is 5.75 Å². The van der Waals surface area contributed by atoms with Crippen molar-refractivity contribution in [3.63, 3.8) is 0 Å². The molecule has 2 nitrogen and oxygen atoms in total. The number of aliphatic hydroxyl groups excluding tert-OH is 1. The summed E-state index contributed by atoms with van der Waals surface area (Å²) < 4.78 is 40.1. The highest BCUT2D eigenvalue weighted by Gasteiger charge is 2.30. The summed E-state index contributed by atoms with van der Waals surface area (Å²) in [6.07, 6.45) is -4.22. The predicted octanol–water partition coefficient (Wildman–Crippen LogP) is 4.44. The molecule has 2 aromatic rings. The van der Waals surface area contributed by atoms with Crippen molar-refractivity contribution in [2.45, 2.75) is 12.8 Å². The van der Waals surface area contributed by atoms with Crippen LogP contribution in [0.4, 0.5) is 13.2 Å². The van der Waals surface area contributed by atoms with Gasteiger partial charge in [-0.25, -0.2) is 0 Å². The van der Waals surface area contributed by atoms with E-state index in [9.17, 15) is 13.2 Å². The zero-order valence-corrected chi connectivity index (χ0v) is 11.6. The summed E-state index contributed by atoms with van der Waals surface area (Å²) in [5, 5.41) is 9.43. The Morgan fingerprint density at radius 1 is 1.05 bits per heavy atom. The molecule has 0 aliphatic heterocycles. The lowest BCUT2D eigenvalue weighted by atomic mass is 10.0. The second kappa shape index (κ2) is 6.37. The van der Waals surface area contributed by atoms with Crippen molar-refractivity contribution in [1.82, 2.24) is 0 Å². The van der Waals surface area contributed by atoms with Gasteiger partial charge < -0.3 is 9.84 Å². The molecule has 0 heterocycles. The van der Waals surface area contributed by atoms with Crippen LogP contribution in [-0.4, -0.2) is 18.1 Å². The van der Waals surface area contributed by atoms with Crippen LogP contribution in [0.25, 0.3) is 11.1 Å². The van der Waals surface area contributed by atoms with Gasteiger partial charge in [-0.1, -0.05) is 29.8 Å². The molecule has 112 valence electrons. The maximum Gasteiger partial charge on any atom is 0.573 e. The van der Waals surface area contributed by atoms with Gasteiger partial charge in [-0.3, -0.25) is 0 Å². The molecule has 1 N–H and O–H groups in total. The molecule has 0 saturated heterocycles. The zero-order chi connectivity index (χ0) is 15.5. The molecule has 0 aliphatic carbocycles. The van der Waals surface area contributed by atoms with E-state index in [0.29, 0.717) is 22.6 Å². The molecule has 0 unspecified atom stereocenters. The first kappa shape index (κ1) is 15.7. The fourth-order valence-corrected chi connectivity index (χ4v) is 2.14. The fourth-order valence-electron chi connectivity index (χ4n) is 1.91. The molecule has 2 aromatic carbocycles. The van der Waals surface area contributed by atoms with Gasteiger partial charge in [0.05, 0.1) is 0 Å². The first-order chi connectivity index (χ1) is 9.89. The molecule has 0 aliphatic rings. The van der Waals surface area contributed by atoms with Crippen LogP contribution in [0.2, 0.25) is 5.02 Å².